The van der Waals surface area contributed by atoms with Crippen LogP contribution in [0.15, 0.2) is 34.8 Å². The molecular formula is C12H5BrClF4NO. The van der Waals surface area contributed by atoms with Gasteiger partial charge in [0, 0.05) is 6.07 Å². The summed E-state index contributed by atoms with van der Waals surface area (Å²) in [6.07, 6.45) is -4.56. The SMILES string of the molecule is Fc1ccc(Oc2cc(C(F)(F)F)cc(Cl)n2)c(Br)c1. The molecule has 2 aromatic rings. The van der Waals surface area contributed by atoms with Gasteiger partial charge < -0.3 is 4.74 Å². The lowest BCUT2D eigenvalue weighted by atomic mass is 10.2. The number of hydrogen-bond acceptors (Lipinski definition) is 2. The van der Waals surface area contributed by atoms with Crippen molar-refractivity contribution in [3.8, 4) is 11.6 Å². The lowest BCUT2D eigenvalue weighted by Crippen LogP contribution is -2.05. The summed E-state index contributed by atoms with van der Waals surface area (Å²) in [4.78, 5) is 3.63. The number of halogens is 6. The Balaban J connectivity index is 2.36. The predicted octanol–water partition coefficient (Wildman–Crippen LogP) is 5.45. The van der Waals surface area contributed by atoms with Gasteiger partial charge in [-0.25, -0.2) is 9.37 Å². The van der Waals surface area contributed by atoms with Crippen LogP contribution < -0.4 is 4.74 Å². The second-order valence-electron chi connectivity index (χ2n) is 3.69. The van der Waals surface area contributed by atoms with Crippen molar-refractivity contribution in [2.75, 3.05) is 0 Å². The zero-order valence-electron chi connectivity index (χ0n) is 9.51. The molecule has 0 radical (unpaired) electrons. The Morgan fingerprint density at radius 2 is 1.85 bits per heavy atom. The smallest absolute Gasteiger partial charge is 0.416 e. The van der Waals surface area contributed by atoms with Gasteiger partial charge in [-0.1, -0.05) is 11.6 Å². The van der Waals surface area contributed by atoms with Gasteiger partial charge in [0.15, 0.2) is 0 Å². The van der Waals surface area contributed by atoms with Crippen LogP contribution in [0.2, 0.25) is 5.15 Å². The molecule has 0 saturated carbocycles. The number of aromatic nitrogens is 1. The third kappa shape index (κ3) is 3.61. The van der Waals surface area contributed by atoms with Crippen molar-refractivity contribution in [3.63, 3.8) is 0 Å². The summed E-state index contributed by atoms with van der Waals surface area (Å²) >= 11 is 8.56. The van der Waals surface area contributed by atoms with E-state index >= 15 is 0 Å². The average Bonchev–Trinajstić information content (AvgIpc) is 2.31. The first-order valence-electron chi connectivity index (χ1n) is 5.13. The second-order valence-corrected chi connectivity index (χ2v) is 4.93. The van der Waals surface area contributed by atoms with Gasteiger partial charge in [-0.15, -0.1) is 0 Å². The lowest BCUT2D eigenvalue weighted by molar-refractivity contribution is -0.137. The van der Waals surface area contributed by atoms with E-state index in [4.69, 9.17) is 16.3 Å². The van der Waals surface area contributed by atoms with Gasteiger partial charge in [-0.2, -0.15) is 13.2 Å². The van der Waals surface area contributed by atoms with Crippen LogP contribution >= 0.6 is 27.5 Å². The molecule has 0 N–H and O–H groups in total. The van der Waals surface area contributed by atoms with Gasteiger partial charge in [-0.05, 0) is 40.2 Å². The molecule has 106 valence electrons. The molecule has 0 bridgehead atoms. The molecule has 0 aliphatic carbocycles. The zero-order valence-corrected chi connectivity index (χ0v) is 11.9. The van der Waals surface area contributed by atoms with Crippen LogP contribution in [-0.4, -0.2) is 4.98 Å². The monoisotopic (exact) mass is 369 g/mol. The highest BCUT2D eigenvalue weighted by molar-refractivity contribution is 9.10. The fraction of sp³-hybridized carbons (Fsp3) is 0.0833. The quantitative estimate of drug-likeness (QED) is 0.518. The normalized spacial score (nSPS) is 11.5. The molecule has 0 atom stereocenters. The Bertz CT molecular complexity index is 648. The van der Waals surface area contributed by atoms with E-state index in [0.29, 0.717) is 12.1 Å². The van der Waals surface area contributed by atoms with Crippen LogP contribution in [-0.2, 0) is 6.18 Å². The maximum Gasteiger partial charge on any atom is 0.416 e. The van der Waals surface area contributed by atoms with Crippen LogP contribution in [0.5, 0.6) is 11.6 Å². The second kappa shape index (κ2) is 5.57. The maximum atomic E-state index is 12.9. The van der Waals surface area contributed by atoms with Crippen LogP contribution in [0.25, 0.3) is 0 Å². The minimum Gasteiger partial charge on any atom is -0.438 e. The molecular weight excluding hydrogens is 365 g/mol. The summed E-state index contributed by atoms with van der Waals surface area (Å²) in [5.74, 6) is -0.731. The van der Waals surface area contributed by atoms with Gasteiger partial charge in [0.25, 0.3) is 0 Å². The summed E-state index contributed by atoms with van der Waals surface area (Å²) < 4.78 is 56.2. The number of alkyl halides is 3. The highest BCUT2D eigenvalue weighted by Gasteiger charge is 2.32. The van der Waals surface area contributed by atoms with Crippen molar-refractivity contribution in [3.05, 3.63) is 51.3 Å². The third-order valence-electron chi connectivity index (χ3n) is 2.21. The Morgan fingerprint density at radius 3 is 2.45 bits per heavy atom. The van der Waals surface area contributed by atoms with Crippen LogP contribution in [0.1, 0.15) is 5.56 Å². The summed E-state index contributed by atoms with van der Waals surface area (Å²) in [6.45, 7) is 0. The number of ether oxygens (including phenoxy) is 1. The van der Waals surface area contributed by atoms with E-state index in [-0.39, 0.29) is 21.3 Å². The Morgan fingerprint density at radius 1 is 1.15 bits per heavy atom. The summed E-state index contributed by atoms with van der Waals surface area (Å²) in [5.41, 5.74) is -0.981. The first-order chi connectivity index (χ1) is 9.25. The van der Waals surface area contributed by atoms with E-state index in [2.05, 4.69) is 20.9 Å². The largest absolute Gasteiger partial charge is 0.438 e. The van der Waals surface area contributed by atoms with Crippen molar-refractivity contribution in [1.82, 2.24) is 4.98 Å². The van der Waals surface area contributed by atoms with Crippen molar-refractivity contribution in [1.29, 1.82) is 0 Å². The maximum absolute atomic E-state index is 12.9. The van der Waals surface area contributed by atoms with Crippen molar-refractivity contribution in [2.45, 2.75) is 6.18 Å². The summed E-state index contributed by atoms with van der Waals surface area (Å²) in [7, 11) is 0. The van der Waals surface area contributed by atoms with E-state index in [9.17, 15) is 17.6 Å². The Kier molecular flexibility index (Phi) is 4.19. The molecule has 0 saturated heterocycles. The predicted molar refractivity (Wildman–Crippen MR) is 68.4 cm³/mol. The molecule has 8 heteroatoms. The molecule has 1 aromatic heterocycles. The van der Waals surface area contributed by atoms with Gasteiger partial charge >= 0.3 is 6.18 Å². The van der Waals surface area contributed by atoms with Crippen LogP contribution in [0.4, 0.5) is 17.6 Å². The third-order valence-corrected chi connectivity index (χ3v) is 3.02. The highest BCUT2D eigenvalue weighted by Crippen LogP contribution is 2.35. The van der Waals surface area contributed by atoms with E-state index in [1.54, 1.807) is 0 Å². The highest BCUT2D eigenvalue weighted by atomic mass is 79.9. The number of pyridine rings is 1. The molecule has 1 heterocycles. The minimum atomic E-state index is -4.56. The minimum absolute atomic E-state index is 0.120. The summed E-state index contributed by atoms with van der Waals surface area (Å²) in [5, 5.41) is -0.354. The molecule has 0 unspecified atom stereocenters. The number of benzene rings is 1. The van der Waals surface area contributed by atoms with E-state index in [1.165, 1.54) is 6.07 Å². The fourth-order valence-corrected chi connectivity index (χ4v) is 1.99. The van der Waals surface area contributed by atoms with Crippen molar-refractivity contribution < 1.29 is 22.3 Å². The molecule has 0 fully saturated rings. The van der Waals surface area contributed by atoms with E-state index in [1.807, 2.05) is 0 Å². The molecule has 2 rings (SSSR count). The molecule has 0 spiro atoms. The molecule has 20 heavy (non-hydrogen) atoms. The zero-order chi connectivity index (χ0) is 14.9. The van der Waals surface area contributed by atoms with E-state index in [0.717, 1.165) is 12.1 Å². The fourth-order valence-electron chi connectivity index (χ4n) is 1.36. The molecule has 0 aliphatic rings. The number of hydrogen-bond donors (Lipinski definition) is 0. The first-order valence-corrected chi connectivity index (χ1v) is 6.30. The topological polar surface area (TPSA) is 22.1 Å². The summed E-state index contributed by atoms with van der Waals surface area (Å²) in [6, 6.07) is 4.88. The molecule has 1 aromatic carbocycles. The van der Waals surface area contributed by atoms with E-state index < -0.39 is 17.6 Å². The van der Waals surface area contributed by atoms with Gasteiger partial charge in [0.2, 0.25) is 5.88 Å². The number of nitrogens with zero attached hydrogens (tertiary/aromatic N) is 1. The van der Waals surface area contributed by atoms with Crippen LogP contribution in [0.3, 0.4) is 0 Å². The van der Waals surface area contributed by atoms with Gasteiger partial charge in [-0.3, -0.25) is 0 Å². The van der Waals surface area contributed by atoms with Gasteiger partial charge in [0.1, 0.15) is 16.7 Å². The molecule has 0 aliphatic heterocycles. The van der Waals surface area contributed by atoms with Crippen LogP contribution in [0, 0.1) is 5.82 Å². The average molecular weight is 371 g/mol. The van der Waals surface area contributed by atoms with Crippen molar-refractivity contribution in [2.24, 2.45) is 0 Å². The first kappa shape index (κ1) is 15.1. The Labute approximate surface area is 124 Å². The lowest BCUT2D eigenvalue weighted by Gasteiger charge is -2.11. The van der Waals surface area contributed by atoms with Crippen molar-refractivity contribution >= 4 is 27.5 Å². The number of rotatable bonds is 2. The Hall–Kier alpha value is -1.34. The molecule has 0 amide bonds. The molecule has 2 nitrogen and oxygen atoms in total. The van der Waals surface area contributed by atoms with Gasteiger partial charge in [0.05, 0.1) is 10.0 Å². The standard InChI is InChI=1S/C12H5BrClF4NO/c13-8-5-7(15)1-2-9(8)20-11-4-6(12(16,17)18)3-10(14)19-11/h1-5H.